The fourth-order valence-electron chi connectivity index (χ4n) is 10.9. The predicted molar refractivity (Wildman–Crippen MR) is 235 cm³/mol. The normalized spacial score (nSPS) is 28.9. The Balaban J connectivity index is 1.22. The van der Waals surface area contributed by atoms with Gasteiger partial charge in [0, 0.05) is 57.4 Å². The van der Waals surface area contributed by atoms with E-state index in [2.05, 4.69) is 100 Å². The van der Waals surface area contributed by atoms with E-state index in [0.29, 0.717) is 30.9 Å². The molecule has 2 fully saturated rings. The third kappa shape index (κ3) is 5.74. The maximum absolute atomic E-state index is 7.95. The fourth-order valence-corrected chi connectivity index (χ4v) is 14.5. The molecule has 59 heavy (non-hydrogen) atoms. The highest BCUT2D eigenvalue weighted by Gasteiger charge is 2.60. The van der Waals surface area contributed by atoms with Gasteiger partial charge in [0.2, 0.25) is 0 Å². The molecule has 2 saturated carbocycles. The van der Waals surface area contributed by atoms with E-state index < -0.39 is 15.0 Å². The van der Waals surface area contributed by atoms with Crippen LogP contribution in [0.5, 0.6) is 0 Å². The number of amidine groups is 3. The zero-order valence-corrected chi connectivity index (χ0v) is 35.2. The molecule has 1 unspecified atom stereocenters. The lowest BCUT2D eigenvalue weighted by atomic mass is 9.83. The minimum atomic E-state index is -4.00. The van der Waals surface area contributed by atoms with Crippen molar-refractivity contribution >= 4 is 54.9 Å². The third-order valence-corrected chi connectivity index (χ3v) is 17.5. The van der Waals surface area contributed by atoms with Crippen molar-refractivity contribution in [2.75, 3.05) is 13.2 Å². The second-order valence-electron chi connectivity index (χ2n) is 18.3. The maximum atomic E-state index is 7.95. The van der Waals surface area contributed by atoms with Crippen LogP contribution in [-0.2, 0) is 15.3 Å². The van der Waals surface area contributed by atoms with Gasteiger partial charge in [-0.1, -0.05) is 112 Å². The van der Waals surface area contributed by atoms with Crippen molar-refractivity contribution in [1.29, 1.82) is 0 Å². The van der Waals surface area contributed by atoms with Gasteiger partial charge in [-0.2, -0.15) is 0 Å². The van der Waals surface area contributed by atoms with E-state index in [4.69, 9.17) is 33.8 Å². The van der Waals surface area contributed by atoms with Gasteiger partial charge in [-0.25, -0.2) is 25.0 Å². The molecule has 6 bridgehead atoms. The van der Waals surface area contributed by atoms with Crippen LogP contribution in [0.4, 0.5) is 11.6 Å². The van der Waals surface area contributed by atoms with Crippen molar-refractivity contribution in [1.82, 2.24) is 13.8 Å². The van der Waals surface area contributed by atoms with Crippen molar-refractivity contribution in [2.24, 2.45) is 48.6 Å². The van der Waals surface area contributed by atoms with Crippen molar-refractivity contribution < 1.29 is 8.85 Å². The lowest BCUT2D eigenvalue weighted by molar-refractivity contribution is 0.0626. The van der Waals surface area contributed by atoms with Crippen LogP contribution in [0.15, 0.2) is 103 Å². The molecule has 0 radical (unpaired) electrons. The van der Waals surface area contributed by atoms with Crippen LogP contribution in [0.3, 0.4) is 0 Å². The number of hydrogen-bond donors (Lipinski definition) is 1. The quantitative estimate of drug-likeness (QED) is 0.197. The lowest BCUT2D eigenvalue weighted by Crippen LogP contribution is -2.70. The standard InChI is InChI=1S/C48H52N8O2Si/c1-29-19-23-31(24-20-29)27-57-59(58-28-32-25-21-30(2)22-26-32)55-45-37-15-7-8-16-38(37)47(55)53-43-35-13-5-6-14-36(35)44(50-43)54-48-40-18-10-9-17-39(40)46(56(48)59)52-42-34-12-4-3-11-33(34)41(49-42)51-45/h3,6-11,14-18,29-32,46,50H,4-5,12-13,19-28H2,1-2H3. The molecule has 4 aliphatic heterocycles. The largest absolute Gasteiger partial charge is 0.599 e. The van der Waals surface area contributed by atoms with Gasteiger partial charge in [-0.05, 0) is 75.0 Å². The van der Waals surface area contributed by atoms with Crippen LogP contribution in [0, 0.1) is 23.7 Å². The molecule has 6 heterocycles. The monoisotopic (exact) mass is 800 g/mol. The van der Waals surface area contributed by atoms with Crippen molar-refractivity contribution in [3.63, 3.8) is 0 Å². The van der Waals surface area contributed by atoms with E-state index in [9.17, 15) is 0 Å². The number of benzene rings is 2. The summed E-state index contributed by atoms with van der Waals surface area (Å²) < 4.78 is 20.7. The molecular weight excluding hydrogens is 749 g/mol. The Hall–Kier alpha value is -4.97. The molecule has 0 saturated heterocycles. The molecule has 2 aromatic heterocycles. The first-order chi connectivity index (χ1) is 29.0. The topological polar surface area (TPSA) is 104 Å². The highest BCUT2D eigenvalue weighted by atomic mass is 28.4. The number of allylic oxidation sites excluding steroid dienone is 2. The molecule has 4 aliphatic carbocycles. The Morgan fingerprint density at radius 1 is 0.695 bits per heavy atom. The molecule has 12 rings (SSSR count). The molecule has 1 N–H and O–H groups in total. The van der Waals surface area contributed by atoms with Crippen LogP contribution >= 0.6 is 0 Å². The Morgan fingerprint density at radius 3 is 2.10 bits per heavy atom. The molecule has 300 valence electrons. The van der Waals surface area contributed by atoms with E-state index in [-0.39, 0.29) is 0 Å². The number of rotatable bonds is 6. The van der Waals surface area contributed by atoms with E-state index in [1.165, 1.54) is 31.2 Å². The smallest absolute Gasteiger partial charge is 0.361 e. The zero-order chi connectivity index (χ0) is 39.2. The number of aromatic amines is 1. The first kappa shape index (κ1) is 35.9. The van der Waals surface area contributed by atoms with Gasteiger partial charge >= 0.3 is 8.88 Å². The van der Waals surface area contributed by atoms with Gasteiger partial charge in [0.25, 0.3) is 0 Å². The number of aliphatic imine (C=N–C) groups is 3. The number of fused-ring (bicyclic) bond motifs is 14. The van der Waals surface area contributed by atoms with Gasteiger partial charge in [0.05, 0.1) is 0 Å². The highest BCUT2D eigenvalue weighted by Crippen LogP contribution is 2.46. The number of nitrogens with zero attached hydrogens (tertiary/aromatic N) is 7. The van der Waals surface area contributed by atoms with E-state index in [1.54, 1.807) is 0 Å². The van der Waals surface area contributed by atoms with Gasteiger partial charge in [0.1, 0.15) is 34.6 Å². The van der Waals surface area contributed by atoms with E-state index in [1.807, 2.05) is 0 Å². The van der Waals surface area contributed by atoms with Crippen LogP contribution in [0.1, 0.15) is 113 Å². The Morgan fingerprint density at radius 2 is 1.36 bits per heavy atom. The first-order valence-corrected chi connectivity index (χ1v) is 24.0. The van der Waals surface area contributed by atoms with Crippen LogP contribution in [0.2, 0.25) is 0 Å². The number of hydrogen-bond acceptors (Lipinski definition) is 8. The minimum Gasteiger partial charge on any atom is -0.361 e. The van der Waals surface area contributed by atoms with Crippen molar-refractivity contribution in [3.05, 3.63) is 111 Å². The fraction of sp³-hybridized carbons (Fsp3) is 0.438. The summed E-state index contributed by atoms with van der Waals surface area (Å²) in [5.41, 5.74) is 8.21. The molecule has 11 heteroatoms. The molecule has 2 aromatic carbocycles. The highest BCUT2D eigenvalue weighted by molar-refractivity contribution is 6.66. The van der Waals surface area contributed by atoms with Gasteiger partial charge < -0.3 is 13.8 Å². The summed E-state index contributed by atoms with van der Waals surface area (Å²) in [4.78, 5) is 31.9. The zero-order valence-electron chi connectivity index (χ0n) is 34.2. The molecule has 0 amide bonds. The average Bonchev–Trinajstić information content (AvgIpc) is 3.99. The average molecular weight is 801 g/mol. The van der Waals surface area contributed by atoms with Crippen molar-refractivity contribution in [2.45, 2.75) is 97.1 Å². The Kier molecular flexibility index (Phi) is 8.56. The second kappa shape index (κ2) is 14.1. The summed E-state index contributed by atoms with van der Waals surface area (Å²) in [7, 11) is -4.00. The molecule has 0 spiro atoms. The number of H-pyrrole nitrogens is 1. The van der Waals surface area contributed by atoms with Gasteiger partial charge in [-0.15, -0.1) is 0 Å². The summed E-state index contributed by atoms with van der Waals surface area (Å²) in [5.74, 6) is 6.23. The molecule has 1 atom stereocenters. The SMILES string of the molecule is CC1CCC(CO[Si]2(OCC3CCC(C)CC3)N3C4=Nc5[nH]c(c6c5C=CCC6)N=c5c6ccccc6c(n52)=NC2=NC(=NC3c3ccccc34)C3=C2C=CCC3)CC1. The van der Waals surface area contributed by atoms with E-state index in [0.717, 1.165) is 136 Å². The first-order valence-electron chi connectivity index (χ1n) is 22.3. The molecular formula is C48H52N8O2Si. The summed E-state index contributed by atoms with van der Waals surface area (Å²) >= 11 is 0. The maximum Gasteiger partial charge on any atom is 0.599 e. The third-order valence-electron chi connectivity index (χ3n) is 14.4. The number of aromatic nitrogens is 2. The summed E-state index contributed by atoms with van der Waals surface area (Å²) in [6, 6.07) is 17.3. The Bertz CT molecular complexity index is 2690. The van der Waals surface area contributed by atoms with Gasteiger partial charge in [0.15, 0.2) is 11.7 Å². The molecule has 10 nitrogen and oxygen atoms in total. The summed E-state index contributed by atoms with van der Waals surface area (Å²) in [6.45, 7) is 5.95. The minimum absolute atomic E-state index is 0.416. The van der Waals surface area contributed by atoms with Crippen LogP contribution < -0.4 is 11.0 Å². The van der Waals surface area contributed by atoms with Crippen molar-refractivity contribution in [3.8, 4) is 0 Å². The van der Waals surface area contributed by atoms with Gasteiger partial charge in [-0.3, -0.25) is 8.80 Å². The van der Waals surface area contributed by atoms with E-state index >= 15 is 0 Å². The number of nitrogens with one attached hydrogen (secondary N) is 1. The van der Waals surface area contributed by atoms with Crippen LogP contribution in [0.25, 0.3) is 16.8 Å². The molecule has 8 aliphatic rings. The predicted octanol–water partition coefficient (Wildman–Crippen LogP) is 9.35. The molecule has 4 aromatic rings. The lowest BCUT2D eigenvalue weighted by Gasteiger charge is -2.43. The van der Waals surface area contributed by atoms with Crippen LogP contribution in [-0.4, -0.2) is 53.4 Å². The summed E-state index contributed by atoms with van der Waals surface area (Å²) in [5, 5.41) is 2.03. The summed E-state index contributed by atoms with van der Waals surface area (Å²) in [6.07, 6.45) is 21.5. The second-order valence-corrected chi connectivity index (χ2v) is 20.9. The Labute approximate surface area is 346 Å².